The van der Waals surface area contributed by atoms with Crippen molar-refractivity contribution in [2.75, 3.05) is 0 Å². The molecule has 1 aromatic rings. The Bertz CT molecular complexity index is 394. The van der Waals surface area contributed by atoms with Crippen molar-refractivity contribution in [1.29, 1.82) is 0 Å². The molecule has 1 saturated heterocycles. The Hall–Kier alpha value is -1.04. The fourth-order valence-corrected chi connectivity index (χ4v) is 1.98. The van der Waals surface area contributed by atoms with Gasteiger partial charge in [0.15, 0.2) is 0 Å². The van der Waals surface area contributed by atoms with Crippen LogP contribution in [0, 0.1) is 11.5 Å². The molecule has 0 amide bonds. The molecule has 2 heteroatoms. The van der Waals surface area contributed by atoms with Gasteiger partial charge in [0.25, 0.3) is 0 Å². The number of rotatable bonds is 1. The number of benzene rings is 1. The van der Waals surface area contributed by atoms with Crippen molar-refractivity contribution in [3.8, 4) is 11.5 Å². The summed E-state index contributed by atoms with van der Waals surface area (Å²) in [5.41, 5.74) is 4.59. The minimum atomic E-state index is -1.25. The van der Waals surface area contributed by atoms with Gasteiger partial charge < -0.3 is 4.74 Å². The van der Waals surface area contributed by atoms with Crippen molar-refractivity contribution in [2.45, 2.75) is 31.8 Å². The lowest BCUT2D eigenvalue weighted by Crippen LogP contribution is -2.16. The zero-order valence-electron chi connectivity index (χ0n) is 9.45. The van der Waals surface area contributed by atoms with E-state index >= 15 is 0 Å². The molecule has 2 rings (SSSR count). The molecule has 1 aliphatic rings. The highest BCUT2D eigenvalue weighted by Gasteiger charge is 2.38. The highest BCUT2D eigenvalue weighted by atomic mass is 28.3. The highest BCUT2D eigenvalue weighted by molar-refractivity contribution is 6.83. The van der Waals surface area contributed by atoms with Crippen molar-refractivity contribution < 1.29 is 4.74 Å². The van der Waals surface area contributed by atoms with Crippen molar-refractivity contribution in [3.05, 3.63) is 35.9 Å². The lowest BCUT2D eigenvalue weighted by Gasteiger charge is -2.02. The molecule has 1 aromatic carbocycles. The van der Waals surface area contributed by atoms with E-state index in [1.807, 2.05) is 18.2 Å². The Morgan fingerprint density at radius 1 is 1.13 bits per heavy atom. The first-order valence-corrected chi connectivity index (χ1v) is 8.79. The minimum Gasteiger partial charge on any atom is -0.351 e. The minimum absolute atomic E-state index is 0.138. The Balaban J connectivity index is 2.00. The maximum absolute atomic E-state index is 5.55. The second-order valence-electron chi connectivity index (χ2n) is 4.91. The lowest BCUT2D eigenvalue weighted by atomic mass is 10.1. The van der Waals surface area contributed by atoms with Gasteiger partial charge in [-0.3, -0.25) is 0 Å². The molecular formula is C13H16OSi. The topological polar surface area (TPSA) is 12.5 Å². The van der Waals surface area contributed by atoms with E-state index in [2.05, 4.69) is 43.2 Å². The van der Waals surface area contributed by atoms with E-state index in [0.717, 1.165) is 0 Å². The van der Waals surface area contributed by atoms with Crippen LogP contribution in [0.4, 0.5) is 0 Å². The predicted octanol–water partition coefficient (Wildman–Crippen LogP) is 3.01. The van der Waals surface area contributed by atoms with Crippen LogP contribution in [0.25, 0.3) is 0 Å². The van der Waals surface area contributed by atoms with E-state index in [4.69, 9.17) is 4.74 Å². The fraction of sp³-hybridized carbons (Fsp3) is 0.385. The molecule has 1 fully saturated rings. The molecule has 0 radical (unpaired) electrons. The van der Waals surface area contributed by atoms with E-state index in [1.165, 1.54) is 5.56 Å². The molecular weight excluding hydrogens is 200 g/mol. The van der Waals surface area contributed by atoms with Crippen molar-refractivity contribution in [2.24, 2.45) is 0 Å². The van der Waals surface area contributed by atoms with Crippen molar-refractivity contribution in [1.82, 2.24) is 0 Å². The van der Waals surface area contributed by atoms with E-state index in [0.29, 0.717) is 0 Å². The monoisotopic (exact) mass is 216 g/mol. The summed E-state index contributed by atoms with van der Waals surface area (Å²) in [6.45, 7) is 6.75. The number of ether oxygens (including phenoxy) is 1. The van der Waals surface area contributed by atoms with Crippen LogP contribution in [-0.4, -0.2) is 14.2 Å². The van der Waals surface area contributed by atoms with Crippen LogP contribution in [0.2, 0.25) is 19.6 Å². The number of epoxide rings is 1. The second-order valence-corrected chi connectivity index (χ2v) is 9.66. The molecule has 78 valence electrons. The van der Waals surface area contributed by atoms with E-state index in [9.17, 15) is 0 Å². The zero-order valence-corrected chi connectivity index (χ0v) is 10.4. The van der Waals surface area contributed by atoms with Gasteiger partial charge in [0.05, 0.1) is 0 Å². The van der Waals surface area contributed by atoms with E-state index < -0.39 is 8.07 Å². The molecule has 1 heterocycles. The number of hydrogen-bond donors (Lipinski definition) is 0. The van der Waals surface area contributed by atoms with Gasteiger partial charge in [-0.25, -0.2) is 0 Å². The molecule has 0 aliphatic carbocycles. The van der Waals surface area contributed by atoms with Gasteiger partial charge in [0, 0.05) is 0 Å². The largest absolute Gasteiger partial charge is 0.351 e. The SMILES string of the molecule is C[Si](C)(C)C#C[C@@H]1O[C@@H]1c1ccccc1. The molecule has 0 unspecified atom stereocenters. The first kappa shape index (κ1) is 10.5. The smallest absolute Gasteiger partial charge is 0.148 e. The van der Waals surface area contributed by atoms with Gasteiger partial charge in [-0.15, -0.1) is 5.54 Å². The zero-order chi connectivity index (χ0) is 10.9. The average Bonchev–Trinajstić information content (AvgIpc) is 2.94. The van der Waals surface area contributed by atoms with Gasteiger partial charge in [-0.1, -0.05) is 55.9 Å². The molecule has 1 aliphatic heterocycles. The summed E-state index contributed by atoms with van der Waals surface area (Å²) in [4.78, 5) is 0. The van der Waals surface area contributed by atoms with Gasteiger partial charge >= 0.3 is 0 Å². The van der Waals surface area contributed by atoms with Crippen LogP contribution < -0.4 is 0 Å². The standard InChI is InChI=1S/C13H16OSi/c1-15(2,3)10-9-12-13(14-12)11-7-5-4-6-8-11/h4-8,12-13H,1-3H3/t12-,13+/m0/s1. The predicted molar refractivity (Wildman–Crippen MR) is 65.2 cm³/mol. The summed E-state index contributed by atoms with van der Waals surface area (Å²) in [6.07, 6.45) is 0.356. The number of hydrogen-bond acceptors (Lipinski definition) is 1. The van der Waals surface area contributed by atoms with Gasteiger partial charge in [0.2, 0.25) is 0 Å². The van der Waals surface area contributed by atoms with Crippen LogP contribution in [-0.2, 0) is 4.74 Å². The Kier molecular flexibility index (Phi) is 2.68. The van der Waals surface area contributed by atoms with Crippen LogP contribution in [0.5, 0.6) is 0 Å². The molecule has 0 saturated carbocycles. The fourth-order valence-electron chi connectivity index (χ4n) is 1.41. The average molecular weight is 216 g/mol. The maximum atomic E-state index is 5.55. The van der Waals surface area contributed by atoms with Crippen molar-refractivity contribution >= 4 is 8.07 Å². The quantitative estimate of drug-likeness (QED) is 0.399. The van der Waals surface area contributed by atoms with Gasteiger partial charge in [-0.05, 0) is 5.56 Å². The molecule has 0 N–H and O–H groups in total. The summed E-state index contributed by atoms with van der Waals surface area (Å²) in [7, 11) is -1.25. The van der Waals surface area contributed by atoms with Crippen LogP contribution in [0.1, 0.15) is 11.7 Å². The van der Waals surface area contributed by atoms with Crippen molar-refractivity contribution in [3.63, 3.8) is 0 Å². The third-order valence-electron chi connectivity index (χ3n) is 2.21. The molecule has 1 nitrogen and oxygen atoms in total. The molecule has 0 spiro atoms. The van der Waals surface area contributed by atoms with Gasteiger partial charge in [0.1, 0.15) is 20.3 Å². The molecule has 0 bridgehead atoms. The maximum Gasteiger partial charge on any atom is 0.148 e. The van der Waals surface area contributed by atoms with E-state index in [-0.39, 0.29) is 12.2 Å². The summed E-state index contributed by atoms with van der Waals surface area (Å²) in [6, 6.07) is 10.3. The summed E-state index contributed by atoms with van der Waals surface area (Å²) < 4.78 is 5.55. The second kappa shape index (κ2) is 3.84. The van der Waals surface area contributed by atoms with Crippen LogP contribution in [0.3, 0.4) is 0 Å². The van der Waals surface area contributed by atoms with E-state index in [1.54, 1.807) is 0 Å². The molecule has 0 aromatic heterocycles. The summed E-state index contributed by atoms with van der Waals surface area (Å²) >= 11 is 0. The Morgan fingerprint density at radius 2 is 1.80 bits per heavy atom. The third-order valence-corrected chi connectivity index (χ3v) is 3.10. The first-order valence-electron chi connectivity index (χ1n) is 5.29. The lowest BCUT2D eigenvalue weighted by molar-refractivity contribution is 0.397. The summed E-state index contributed by atoms with van der Waals surface area (Å²) in [5.74, 6) is 3.23. The molecule has 15 heavy (non-hydrogen) atoms. The Labute approximate surface area is 92.5 Å². The van der Waals surface area contributed by atoms with Crippen LogP contribution >= 0.6 is 0 Å². The molecule has 2 atom stereocenters. The Morgan fingerprint density at radius 3 is 2.40 bits per heavy atom. The summed E-state index contributed by atoms with van der Waals surface area (Å²) in [5, 5.41) is 0. The third kappa shape index (κ3) is 2.95. The van der Waals surface area contributed by atoms with Gasteiger partial charge in [-0.2, -0.15) is 0 Å². The first-order chi connectivity index (χ1) is 7.06. The van der Waals surface area contributed by atoms with Crippen LogP contribution in [0.15, 0.2) is 30.3 Å². The normalized spacial score (nSPS) is 24.2. The highest BCUT2D eigenvalue weighted by Crippen LogP contribution is 2.37.